The summed E-state index contributed by atoms with van der Waals surface area (Å²) in [6.07, 6.45) is -2.76. The van der Waals surface area contributed by atoms with E-state index in [0.717, 1.165) is 28.2 Å². The van der Waals surface area contributed by atoms with Crippen LogP contribution in [0.25, 0.3) is 0 Å². The third kappa shape index (κ3) is 5.27. The van der Waals surface area contributed by atoms with Crippen molar-refractivity contribution in [1.29, 1.82) is 0 Å². The van der Waals surface area contributed by atoms with Gasteiger partial charge >= 0.3 is 6.18 Å². The highest BCUT2D eigenvalue weighted by atomic mass is 35.5. The number of carbonyl (C=O) groups is 1. The van der Waals surface area contributed by atoms with Crippen molar-refractivity contribution < 1.29 is 18.0 Å². The molecule has 2 rings (SSSR count). The van der Waals surface area contributed by atoms with Crippen LogP contribution in [0.2, 0.25) is 5.02 Å². The number of carbonyl (C=O) groups excluding carboxylic acids is 1. The molecule has 0 fully saturated rings. The van der Waals surface area contributed by atoms with Crippen molar-refractivity contribution in [3.8, 4) is 0 Å². The monoisotopic (exact) mass is 399 g/mol. The maximum absolute atomic E-state index is 12.9. The molecule has 0 aliphatic heterocycles. The zero-order valence-electron chi connectivity index (χ0n) is 11.5. The minimum Gasteiger partial charge on any atom is -0.325 e. The summed E-state index contributed by atoms with van der Waals surface area (Å²) in [4.78, 5) is 11.8. The van der Waals surface area contributed by atoms with E-state index >= 15 is 0 Å². The van der Waals surface area contributed by atoms with Crippen molar-refractivity contribution in [1.82, 2.24) is 10.2 Å². The van der Waals surface area contributed by atoms with Gasteiger partial charge in [-0.2, -0.15) is 13.2 Å². The van der Waals surface area contributed by atoms with E-state index in [1.165, 1.54) is 29.2 Å². The van der Waals surface area contributed by atoms with Crippen LogP contribution in [-0.2, 0) is 11.0 Å². The molecule has 0 bridgehead atoms. The lowest BCUT2D eigenvalue weighted by atomic mass is 10.1. The van der Waals surface area contributed by atoms with Crippen LogP contribution in [0, 0.1) is 0 Å². The molecule has 1 N–H and O–H groups in total. The van der Waals surface area contributed by atoms with Gasteiger partial charge in [0, 0.05) is 5.02 Å². The number of hydrogen-bond donors (Lipinski definition) is 1. The van der Waals surface area contributed by atoms with E-state index in [9.17, 15) is 18.0 Å². The van der Waals surface area contributed by atoms with E-state index in [4.69, 9.17) is 11.6 Å². The van der Waals surface area contributed by atoms with Crippen molar-refractivity contribution >= 4 is 58.1 Å². The lowest BCUT2D eigenvalue weighted by Gasteiger charge is -2.13. The minimum absolute atomic E-state index is 0.0526. The fourth-order valence-electron chi connectivity index (χ4n) is 1.51. The number of amides is 1. The highest BCUT2D eigenvalue weighted by Crippen LogP contribution is 2.36. The first-order valence-corrected chi connectivity index (χ1v) is 9.37. The van der Waals surface area contributed by atoms with Crippen molar-refractivity contribution in [3.63, 3.8) is 0 Å². The van der Waals surface area contributed by atoms with Gasteiger partial charge in [-0.1, -0.05) is 46.5 Å². The van der Waals surface area contributed by atoms with Gasteiger partial charge in [-0.05, 0) is 24.5 Å². The van der Waals surface area contributed by atoms with Crippen LogP contribution in [0.4, 0.5) is 18.9 Å². The molecule has 23 heavy (non-hydrogen) atoms. The van der Waals surface area contributed by atoms with Gasteiger partial charge in [0.1, 0.15) is 0 Å². The number of nitrogens with one attached hydrogen (secondary N) is 1. The molecule has 1 aromatic carbocycles. The van der Waals surface area contributed by atoms with Gasteiger partial charge < -0.3 is 5.32 Å². The Morgan fingerprint density at radius 1 is 1.35 bits per heavy atom. The van der Waals surface area contributed by atoms with E-state index in [0.29, 0.717) is 4.34 Å². The lowest BCUT2D eigenvalue weighted by molar-refractivity contribution is -0.137. The summed E-state index contributed by atoms with van der Waals surface area (Å²) in [6, 6.07) is 3.19. The largest absolute Gasteiger partial charge is 0.418 e. The molecule has 0 aliphatic rings. The Balaban J connectivity index is 2.02. The number of aromatic nitrogens is 2. The van der Waals surface area contributed by atoms with Gasteiger partial charge in [0.2, 0.25) is 5.91 Å². The number of alkyl halides is 3. The average Bonchev–Trinajstić information content (AvgIpc) is 2.94. The van der Waals surface area contributed by atoms with Crippen LogP contribution in [-0.4, -0.2) is 28.1 Å². The molecule has 1 aromatic heterocycles. The van der Waals surface area contributed by atoms with Crippen molar-refractivity contribution in [2.45, 2.75) is 14.9 Å². The van der Waals surface area contributed by atoms with E-state index in [-0.39, 0.29) is 16.5 Å². The Kier molecular flexibility index (Phi) is 6.18. The molecule has 2 aromatic rings. The smallest absolute Gasteiger partial charge is 0.325 e. The summed E-state index contributed by atoms with van der Waals surface area (Å²) < 4.78 is 40.1. The molecule has 1 amide bonds. The van der Waals surface area contributed by atoms with Crippen LogP contribution in [0.3, 0.4) is 0 Å². The summed E-state index contributed by atoms with van der Waals surface area (Å²) in [5.74, 6) is -0.633. The Hall–Kier alpha value is -0.970. The van der Waals surface area contributed by atoms with Crippen molar-refractivity contribution in [2.75, 3.05) is 17.3 Å². The fraction of sp³-hybridized carbons (Fsp3) is 0.250. The summed E-state index contributed by atoms with van der Waals surface area (Å²) in [6.45, 7) is 0. The molecule has 4 nitrogen and oxygen atoms in total. The van der Waals surface area contributed by atoms with Gasteiger partial charge in [0.05, 0.1) is 17.0 Å². The van der Waals surface area contributed by atoms with E-state index in [2.05, 4.69) is 15.5 Å². The highest BCUT2D eigenvalue weighted by molar-refractivity contribution is 8.03. The Bertz CT molecular complexity index is 708. The number of halogens is 4. The Morgan fingerprint density at radius 3 is 2.65 bits per heavy atom. The summed E-state index contributed by atoms with van der Waals surface area (Å²) in [7, 11) is 0. The Labute approximate surface area is 147 Å². The summed E-state index contributed by atoms with van der Waals surface area (Å²) in [5, 5.41) is 9.93. The number of nitrogens with zero attached hydrogens (tertiary/aromatic N) is 2. The first-order valence-electron chi connectivity index (χ1n) is 5.96. The normalized spacial score (nSPS) is 11.5. The molecular weight excluding hydrogens is 391 g/mol. The van der Waals surface area contributed by atoms with E-state index in [1.54, 1.807) is 0 Å². The molecule has 0 atom stereocenters. The highest BCUT2D eigenvalue weighted by Gasteiger charge is 2.34. The van der Waals surface area contributed by atoms with Gasteiger partial charge in [-0.3, -0.25) is 4.79 Å². The zero-order valence-corrected chi connectivity index (χ0v) is 14.7. The van der Waals surface area contributed by atoms with Gasteiger partial charge in [-0.15, -0.1) is 10.2 Å². The number of rotatable bonds is 5. The lowest BCUT2D eigenvalue weighted by Crippen LogP contribution is -2.18. The molecule has 11 heteroatoms. The predicted molar refractivity (Wildman–Crippen MR) is 87.5 cm³/mol. The maximum Gasteiger partial charge on any atom is 0.418 e. The molecule has 0 radical (unpaired) electrons. The van der Waals surface area contributed by atoms with Crippen LogP contribution < -0.4 is 5.32 Å². The number of anilines is 1. The van der Waals surface area contributed by atoms with E-state index in [1.807, 2.05) is 6.26 Å². The molecule has 0 unspecified atom stereocenters. The van der Waals surface area contributed by atoms with Gasteiger partial charge in [-0.25, -0.2) is 0 Å². The third-order valence-electron chi connectivity index (χ3n) is 2.45. The Morgan fingerprint density at radius 2 is 2.04 bits per heavy atom. The molecule has 0 spiro atoms. The fourth-order valence-corrected chi connectivity index (χ4v) is 3.92. The van der Waals surface area contributed by atoms with Crippen LogP contribution >= 0.6 is 46.5 Å². The second-order valence-corrected chi connectivity index (χ2v) is 7.75. The summed E-state index contributed by atoms with van der Waals surface area (Å²) >= 11 is 9.44. The predicted octanol–water partition coefficient (Wildman–Crippen LogP) is 4.66. The van der Waals surface area contributed by atoms with Gasteiger partial charge in [0.25, 0.3) is 0 Å². The second kappa shape index (κ2) is 7.73. The van der Waals surface area contributed by atoms with Crippen molar-refractivity contribution in [2.24, 2.45) is 0 Å². The SMILES string of the molecule is CSc1nnc(SCC(=O)Nc2ccc(Cl)cc2C(F)(F)F)s1. The molecule has 0 saturated heterocycles. The van der Waals surface area contributed by atoms with Gasteiger partial charge in [0.15, 0.2) is 8.68 Å². The molecule has 0 saturated carbocycles. The molecule has 1 heterocycles. The quantitative estimate of drug-likeness (QED) is 0.741. The zero-order chi connectivity index (χ0) is 17.0. The average molecular weight is 400 g/mol. The van der Waals surface area contributed by atoms with E-state index < -0.39 is 17.6 Å². The first-order chi connectivity index (χ1) is 10.8. The second-order valence-electron chi connectivity index (χ2n) is 4.06. The molecular formula is C12H9ClF3N3OS3. The topological polar surface area (TPSA) is 54.9 Å². The third-order valence-corrected chi connectivity index (χ3v) is 5.72. The number of hydrogen-bond acceptors (Lipinski definition) is 6. The molecule has 0 aliphatic carbocycles. The van der Waals surface area contributed by atoms with Crippen LogP contribution in [0.15, 0.2) is 26.9 Å². The number of benzene rings is 1. The first kappa shape index (κ1) is 18.4. The minimum atomic E-state index is -4.60. The van der Waals surface area contributed by atoms with Crippen molar-refractivity contribution in [3.05, 3.63) is 28.8 Å². The number of thioether (sulfide) groups is 2. The molecule has 124 valence electrons. The van der Waals surface area contributed by atoms with Crippen LogP contribution in [0.5, 0.6) is 0 Å². The van der Waals surface area contributed by atoms with Crippen LogP contribution in [0.1, 0.15) is 5.56 Å². The summed E-state index contributed by atoms with van der Waals surface area (Å²) in [5.41, 5.74) is -1.31. The standard InChI is InChI=1S/C12H9ClF3N3OS3/c1-21-10-18-19-11(23-10)22-5-9(20)17-8-3-2-6(13)4-7(8)12(14,15)16/h2-4H,5H2,1H3,(H,17,20). The maximum atomic E-state index is 12.9.